The van der Waals surface area contributed by atoms with Crippen molar-refractivity contribution in [3.05, 3.63) is 88.0 Å². The summed E-state index contributed by atoms with van der Waals surface area (Å²) in [7, 11) is 1.84. The number of anilines is 2. The van der Waals surface area contributed by atoms with Crippen molar-refractivity contribution < 1.29 is 19.4 Å². The van der Waals surface area contributed by atoms with Crippen molar-refractivity contribution in [1.29, 1.82) is 0 Å². The molecule has 190 valence electrons. The van der Waals surface area contributed by atoms with Crippen molar-refractivity contribution in [3.63, 3.8) is 0 Å². The molecular weight excluding hydrogens is 460 g/mol. The lowest BCUT2D eigenvalue weighted by atomic mass is 9.93. The fourth-order valence-electron chi connectivity index (χ4n) is 4.36. The average Bonchev–Trinajstić information content (AvgIpc) is 3.11. The number of aliphatic hydroxyl groups excluding tert-OH is 1. The third-order valence-electron chi connectivity index (χ3n) is 6.32. The Morgan fingerprint density at radius 2 is 1.89 bits per heavy atom. The van der Waals surface area contributed by atoms with E-state index in [1.54, 1.807) is 35.0 Å². The molecule has 0 saturated carbocycles. The standard InChI is InChI=1S/C27H32N4O5/c1-18-25(27(34)31(30(18)2)20-10-4-3-5-11-20)19-16-23(36-24(17-19)35-15-9-8-14-32)26(33)29-22-13-7-6-12-21(22)28/h3-7,10-13,16,19,24,32H,8-9,14-15,17,28H2,1-2H3,(H,29,33)/t19-,24+/m1/s1. The van der Waals surface area contributed by atoms with E-state index in [4.69, 9.17) is 20.3 Å². The number of rotatable bonds is 9. The summed E-state index contributed by atoms with van der Waals surface area (Å²) < 4.78 is 15.2. The molecule has 0 bridgehead atoms. The predicted molar refractivity (Wildman–Crippen MR) is 138 cm³/mol. The highest BCUT2D eigenvalue weighted by Gasteiger charge is 2.33. The molecule has 2 heterocycles. The first-order chi connectivity index (χ1) is 17.4. The first kappa shape index (κ1) is 25.3. The van der Waals surface area contributed by atoms with Crippen LogP contribution in [-0.4, -0.2) is 39.9 Å². The van der Waals surface area contributed by atoms with Crippen molar-refractivity contribution in [1.82, 2.24) is 9.36 Å². The number of aromatic nitrogens is 2. The van der Waals surface area contributed by atoms with Crippen LogP contribution in [0.4, 0.5) is 11.4 Å². The Morgan fingerprint density at radius 1 is 1.17 bits per heavy atom. The summed E-state index contributed by atoms with van der Waals surface area (Å²) in [6.45, 7) is 2.33. The van der Waals surface area contributed by atoms with E-state index < -0.39 is 18.1 Å². The molecule has 36 heavy (non-hydrogen) atoms. The molecule has 1 amide bonds. The van der Waals surface area contributed by atoms with E-state index in [-0.39, 0.29) is 17.9 Å². The lowest BCUT2D eigenvalue weighted by Crippen LogP contribution is -2.31. The van der Waals surface area contributed by atoms with Crippen molar-refractivity contribution in [2.45, 2.75) is 38.4 Å². The molecule has 0 saturated heterocycles. The number of ether oxygens (including phenoxy) is 2. The van der Waals surface area contributed by atoms with Gasteiger partial charge < -0.3 is 25.6 Å². The van der Waals surface area contributed by atoms with Gasteiger partial charge in [0, 0.05) is 37.3 Å². The quantitative estimate of drug-likeness (QED) is 0.312. The lowest BCUT2D eigenvalue weighted by Gasteiger charge is -2.29. The third-order valence-corrected chi connectivity index (χ3v) is 6.32. The minimum absolute atomic E-state index is 0.0653. The number of nitrogens with one attached hydrogen (secondary N) is 1. The Bertz CT molecular complexity index is 1300. The highest BCUT2D eigenvalue weighted by Crippen LogP contribution is 2.33. The van der Waals surface area contributed by atoms with Gasteiger partial charge in [-0.15, -0.1) is 0 Å². The van der Waals surface area contributed by atoms with Crippen molar-refractivity contribution >= 4 is 17.3 Å². The van der Waals surface area contributed by atoms with E-state index in [2.05, 4.69) is 5.32 Å². The smallest absolute Gasteiger partial charge is 0.290 e. The molecule has 0 radical (unpaired) electrons. The van der Waals surface area contributed by atoms with Crippen LogP contribution >= 0.6 is 0 Å². The second-order valence-electron chi connectivity index (χ2n) is 8.74. The van der Waals surface area contributed by atoms with Gasteiger partial charge in [0.15, 0.2) is 5.76 Å². The second-order valence-corrected chi connectivity index (χ2v) is 8.74. The van der Waals surface area contributed by atoms with Gasteiger partial charge in [0.25, 0.3) is 11.5 Å². The number of hydrogen-bond donors (Lipinski definition) is 3. The zero-order valence-electron chi connectivity index (χ0n) is 20.5. The van der Waals surface area contributed by atoms with Gasteiger partial charge in [-0.25, -0.2) is 4.68 Å². The first-order valence-electron chi connectivity index (χ1n) is 12.0. The van der Waals surface area contributed by atoms with Crippen LogP contribution in [0.2, 0.25) is 0 Å². The maximum Gasteiger partial charge on any atom is 0.290 e. The fourth-order valence-corrected chi connectivity index (χ4v) is 4.36. The maximum atomic E-state index is 13.6. The van der Waals surface area contributed by atoms with Crippen LogP contribution in [0, 0.1) is 6.92 Å². The van der Waals surface area contributed by atoms with Gasteiger partial charge in [-0.2, -0.15) is 0 Å². The molecular formula is C27H32N4O5. The first-order valence-corrected chi connectivity index (χ1v) is 12.0. The molecule has 0 unspecified atom stereocenters. The van der Waals surface area contributed by atoms with Gasteiger partial charge in [0.2, 0.25) is 6.29 Å². The molecule has 0 spiro atoms. The number of para-hydroxylation sites is 3. The molecule has 4 rings (SSSR count). The number of nitrogen functional groups attached to an aromatic ring is 1. The number of carbonyl (C=O) groups excluding carboxylic acids is 1. The number of aliphatic hydroxyl groups is 1. The molecule has 1 aromatic heterocycles. The van der Waals surface area contributed by atoms with E-state index in [0.717, 1.165) is 11.4 Å². The molecule has 4 N–H and O–H groups in total. The second kappa shape index (κ2) is 11.3. The van der Waals surface area contributed by atoms with Gasteiger partial charge in [-0.1, -0.05) is 30.3 Å². The summed E-state index contributed by atoms with van der Waals surface area (Å²) in [5.74, 6) is -0.812. The average molecular weight is 493 g/mol. The van der Waals surface area contributed by atoms with Crippen molar-refractivity contribution in [2.24, 2.45) is 7.05 Å². The van der Waals surface area contributed by atoms with E-state index in [1.807, 2.05) is 49.0 Å². The highest BCUT2D eigenvalue weighted by atomic mass is 16.7. The van der Waals surface area contributed by atoms with Crippen LogP contribution < -0.4 is 16.6 Å². The molecule has 0 aliphatic carbocycles. The van der Waals surface area contributed by atoms with Gasteiger partial charge in [-0.3, -0.25) is 14.3 Å². The largest absolute Gasteiger partial charge is 0.459 e. The monoisotopic (exact) mass is 492 g/mol. The third kappa shape index (κ3) is 5.37. The number of unbranched alkanes of at least 4 members (excludes halogenated alkanes) is 1. The Labute approximate surface area is 209 Å². The predicted octanol–water partition coefficient (Wildman–Crippen LogP) is 3.21. The normalized spacial score (nSPS) is 17.4. The number of benzene rings is 2. The lowest BCUT2D eigenvalue weighted by molar-refractivity contribution is -0.143. The molecule has 2 aromatic carbocycles. The van der Waals surface area contributed by atoms with Crippen molar-refractivity contribution in [3.8, 4) is 5.69 Å². The molecule has 9 heteroatoms. The zero-order chi connectivity index (χ0) is 25.7. The van der Waals surface area contributed by atoms with Gasteiger partial charge >= 0.3 is 0 Å². The van der Waals surface area contributed by atoms with Crippen LogP contribution in [-0.2, 0) is 21.3 Å². The molecule has 9 nitrogen and oxygen atoms in total. The van der Waals surface area contributed by atoms with E-state index >= 15 is 0 Å². The van der Waals surface area contributed by atoms with Crippen molar-refractivity contribution in [2.75, 3.05) is 24.3 Å². The van der Waals surface area contributed by atoms with Gasteiger partial charge in [-0.05, 0) is 50.1 Å². The molecule has 2 atom stereocenters. The molecule has 3 aromatic rings. The summed E-state index contributed by atoms with van der Waals surface area (Å²) in [4.78, 5) is 26.8. The summed E-state index contributed by atoms with van der Waals surface area (Å²) in [6.07, 6.45) is 2.58. The van der Waals surface area contributed by atoms with Crippen LogP contribution in [0.3, 0.4) is 0 Å². The summed E-state index contributed by atoms with van der Waals surface area (Å²) in [5.41, 5.74) is 8.85. The minimum Gasteiger partial charge on any atom is -0.459 e. The van der Waals surface area contributed by atoms with E-state index in [9.17, 15) is 9.59 Å². The Balaban J connectivity index is 1.68. The molecule has 0 fully saturated rings. The topological polar surface area (TPSA) is 121 Å². The Morgan fingerprint density at radius 3 is 2.61 bits per heavy atom. The Kier molecular flexibility index (Phi) is 7.92. The number of nitrogens with two attached hydrogens (primary N) is 1. The fraction of sp³-hybridized carbons (Fsp3) is 0.333. The molecule has 1 aliphatic rings. The SMILES string of the molecule is Cc1c([C@@H]2C=C(C(=O)Nc3ccccc3N)O[C@H](OCCCCO)C2)c(=O)n(-c2ccccc2)n1C. The van der Waals surface area contributed by atoms with Crippen LogP contribution in [0.5, 0.6) is 0 Å². The summed E-state index contributed by atoms with van der Waals surface area (Å²) in [6, 6.07) is 16.4. The van der Waals surface area contributed by atoms with Crippen LogP contribution in [0.25, 0.3) is 5.69 Å². The number of amides is 1. The van der Waals surface area contributed by atoms with Crippen LogP contribution in [0.1, 0.15) is 36.4 Å². The number of hydrogen-bond acceptors (Lipinski definition) is 6. The van der Waals surface area contributed by atoms with Gasteiger partial charge in [0.1, 0.15) is 0 Å². The van der Waals surface area contributed by atoms with E-state index in [1.165, 1.54) is 0 Å². The minimum atomic E-state index is -0.725. The number of carbonyl (C=O) groups is 1. The van der Waals surface area contributed by atoms with Gasteiger partial charge in [0.05, 0.1) is 23.7 Å². The maximum absolute atomic E-state index is 13.6. The van der Waals surface area contributed by atoms with Crippen LogP contribution in [0.15, 0.2) is 71.2 Å². The zero-order valence-corrected chi connectivity index (χ0v) is 20.5. The Hall–Kier alpha value is -3.82. The van der Waals surface area contributed by atoms with E-state index in [0.29, 0.717) is 42.8 Å². The molecule has 1 aliphatic heterocycles. The summed E-state index contributed by atoms with van der Waals surface area (Å²) in [5, 5.41) is 11.8. The highest BCUT2D eigenvalue weighted by molar-refractivity contribution is 6.04. The summed E-state index contributed by atoms with van der Waals surface area (Å²) >= 11 is 0. The number of allylic oxidation sites excluding steroid dienone is 1. The number of nitrogens with zero attached hydrogens (tertiary/aromatic N) is 2.